The molecule has 0 bridgehead atoms. The number of aromatic nitrogens is 2. The highest BCUT2D eigenvalue weighted by Gasteiger charge is 2.43. The topological polar surface area (TPSA) is 75.0 Å². The van der Waals surface area contributed by atoms with Crippen LogP contribution in [0.5, 0.6) is 0 Å². The van der Waals surface area contributed by atoms with E-state index in [0.29, 0.717) is 17.0 Å². The van der Waals surface area contributed by atoms with Gasteiger partial charge in [0.1, 0.15) is 17.5 Å². The van der Waals surface area contributed by atoms with Crippen molar-refractivity contribution in [2.45, 2.75) is 26.4 Å². The Labute approximate surface area is 159 Å². The molecule has 1 aliphatic heterocycles. The van der Waals surface area contributed by atoms with Crippen LogP contribution < -0.4 is 10.5 Å². The van der Waals surface area contributed by atoms with Crippen LogP contribution >= 0.6 is 0 Å². The number of halogens is 1. The number of hydrogen-bond acceptors (Lipinski definition) is 4. The number of carbonyl (C=O) groups is 2. The first-order chi connectivity index (χ1) is 13.4. The molecule has 0 spiro atoms. The number of nitrogens with zero attached hydrogens (tertiary/aromatic N) is 4. The van der Waals surface area contributed by atoms with Crippen LogP contribution in [0.25, 0.3) is 5.65 Å². The van der Waals surface area contributed by atoms with Crippen LogP contribution in [0.3, 0.4) is 0 Å². The van der Waals surface area contributed by atoms with Crippen LogP contribution in [-0.4, -0.2) is 32.3 Å². The predicted molar refractivity (Wildman–Crippen MR) is 100 cm³/mol. The highest BCUT2D eigenvalue weighted by Crippen LogP contribution is 2.27. The molecule has 0 N–H and O–H groups in total. The zero-order chi connectivity index (χ0) is 20.0. The molecule has 0 radical (unpaired) electrons. The summed E-state index contributed by atoms with van der Waals surface area (Å²) in [5.74, 6) is -0.830. The molecule has 8 heteroatoms. The van der Waals surface area contributed by atoms with Gasteiger partial charge in [-0.15, -0.1) is 0 Å². The van der Waals surface area contributed by atoms with E-state index in [4.69, 9.17) is 0 Å². The number of benzene rings is 1. The third-order valence-electron chi connectivity index (χ3n) is 4.81. The highest BCUT2D eigenvalue weighted by molar-refractivity contribution is 6.13. The molecule has 7 nitrogen and oxygen atoms in total. The third kappa shape index (κ3) is 2.83. The van der Waals surface area contributed by atoms with Gasteiger partial charge in [0.15, 0.2) is 0 Å². The Morgan fingerprint density at radius 1 is 1.11 bits per heavy atom. The smallest absolute Gasteiger partial charge is 0.282 e. The van der Waals surface area contributed by atoms with E-state index < -0.39 is 23.8 Å². The number of anilines is 1. The lowest BCUT2D eigenvalue weighted by atomic mass is 10.2. The second-order valence-corrected chi connectivity index (χ2v) is 6.70. The van der Waals surface area contributed by atoms with Gasteiger partial charge in [0, 0.05) is 18.0 Å². The Morgan fingerprint density at radius 2 is 1.82 bits per heavy atom. The SMILES string of the molecule is Cc1cccn2c(=O)cc(CN3C(=O)[C@H](C)N(c4ccc(F)cc4)C3=O)nc12. The molecule has 2 aromatic heterocycles. The second-order valence-electron chi connectivity index (χ2n) is 6.70. The van der Waals surface area contributed by atoms with Crippen LogP contribution in [-0.2, 0) is 11.3 Å². The summed E-state index contributed by atoms with van der Waals surface area (Å²) < 4.78 is 14.6. The number of aryl methyl sites for hydroxylation is 1. The van der Waals surface area contributed by atoms with E-state index in [0.717, 1.165) is 10.5 Å². The van der Waals surface area contributed by atoms with E-state index >= 15 is 0 Å². The summed E-state index contributed by atoms with van der Waals surface area (Å²) in [5.41, 5.74) is 1.76. The Balaban J connectivity index is 1.68. The number of imide groups is 1. The maximum Gasteiger partial charge on any atom is 0.332 e. The van der Waals surface area contributed by atoms with Gasteiger partial charge in [-0.05, 0) is 49.7 Å². The van der Waals surface area contributed by atoms with Crippen LogP contribution in [0.1, 0.15) is 18.2 Å². The first kappa shape index (κ1) is 17.8. The molecule has 0 saturated carbocycles. The zero-order valence-corrected chi connectivity index (χ0v) is 15.3. The molecule has 1 aromatic carbocycles. The molecule has 3 heterocycles. The molecular formula is C20H17FN4O3. The van der Waals surface area contributed by atoms with Crippen LogP contribution in [0.4, 0.5) is 14.9 Å². The fourth-order valence-electron chi connectivity index (χ4n) is 3.36. The Morgan fingerprint density at radius 3 is 2.54 bits per heavy atom. The number of fused-ring (bicyclic) bond motifs is 1. The molecule has 0 unspecified atom stereocenters. The van der Waals surface area contributed by atoms with Gasteiger partial charge < -0.3 is 0 Å². The summed E-state index contributed by atoms with van der Waals surface area (Å²) in [7, 11) is 0. The van der Waals surface area contributed by atoms with E-state index in [1.165, 1.54) is 39.6 Å². The lowest BCUT2D eigenvalue weighted by molar-refractivity contribution is -0.127. The number of rotatable bonds is 3. The van der Waals surface area contributed by atoms with Crippen LogP contribution in [0.15, 0.2) is 53.5 Å². The second kappa shape index (κ2) is 6.56. The van der Waals surface area contributed by atoms with Crippen LogP contribution in [0.2, 0.25) is 0 Å². The Kier molecular flexibility index (Phi) is 4.18. The average Bonchev–Trinajstić information content (AvgIpc) is 2.87. The molecule has 1 fully saturated rings. The first-order valence-electron chi connectivity index (χ1n) is 8.75. The summed E-state index contributed by atoms with van der Waals surface area (Å²) in [6.45, 7) is 3.33. The Bertz CT molecular complexity index is 1160. The predicted octanol–water partition coefficient (Wildman–Crippen LogP) is 2.50. The summed E-state index contributed by atoms with van der Waals surface area (Å²) in [5, 5.41) is 0. The lowest BCUT2D eigenvalue weighted by Crippen LogP contribution is -2.34. The monoisotopic (exact) mass is 380 g/mol. The number of amides is 3. The van der Waals surface area contributed by atoms with Gasteiger partial charge in [-0.25, -0.2) is 14.2 Å². The Hall–Kier alpha value is -3.55. The van der Waals surface area contributed by atoms with Crippen molar-refractivity contribution >= 4 is 23.3 Å². The first-order valence-corrected chi connectivity index (χ1v) is 8.75. The van der Waals surface area contributed by atoms with Crippen LogP contribution in [0, 0.1) is 12.7 Å². The highest BCUT2D eigenvalue weighted by atomic mass is 19.1. The van der Waals surface area contributed by atoms with Gasteiger partial charge in [0.25, 0.3) is 11.5 Å². The van der Waals surface area contributed by atoms with Crippen molar-refractivity contribution in [3.8, 4) is 0 Å². The van der Waals surface area contributed by atoms with Crippen molar-refractivity contribution in [1.29, 1.82) is 0 Å². The fraction of sp³-hybridized carbons (Fsp3) is 0.200. The maximum atomic E-state index is 13.2. The number of carbonyl (C=O) groups excluding carboxylic acids is 2. The maximum absolute atomic E-state index is 13.2. The van der Waals surface area contributed by atoms with Gasteiger partial charge in [-0.2, -0.15) is 0 Å². The van der Waals surface area contributed by atoms with E-state index in [1.807, 2.05) is 13.0 Å². The largest absolute Gasteiger partial charge is 0.332 e. The molecule has 3 amide bonds. The van der Waals surface area contributed by atoms with E-state index in [-0.39, 0.29) is 12.1 Å². The quantitative estimate of drug-likeness (QED) is 0.655. The van der Waals surface area contributed by atoms with Crippen molar-refractivity contribution in [1.82, 2.24) is 14.3 Å². The fourth-order valence-corrected chi connectivity index (χ4v) is 3.36. The summed E-state index contributed by atoms with van der Waals surface area (Å²) >= 11 is 0. The molecule has 3 aromatic rings. The molecule has 142 valence electrons. The van der Waals surface area contributed by atoms with E-state index in [1.54, 1.807) is 19.2 Å². The molecular weight excluding hydrogens is 363 g/mol. The third-order valence-corrected chi connectivity index (χ3v) is 4.81. The van der Waals surface area contributed by atoms with Crippen molar-refractivity contribution in [2.24, 2.45) is 0 Å². The minimum Gasteiger partial charge on any atom is -0.282 e. The van der Waals surface area contributed by atoms with Crippen molar-refractivity contribution < 1.29 is 14.0 Å². The van der Waals surface area contributed by atoms with Gasteiger partial charge in [0.05, 0.1) is 12.2 Å². The zero-order valence-electron chi connectivity index (χ0n) is 15.3. The van der Waals surface area contributed by atoms with Gasteiger partial charge >= 0.3 is 6.03 Å². The van der Waals surface area contributed by atoms with Crippen molar-refractivity contribution in [2.75, 3.05) is 4.90 Å². The number of pyridine rings is 1. The summed E-state index contributed by atoms with van der Waals surface area (Å²) in [6.07, 6.45) is 1.62. The summed E-state index contributed by atoms with van der Waals surface area (Å²) in [6, 6.07) is 9.00. The minimum atomic E-state index is -0.735. The summed E-state index contributed by atoms with van der Waals surface area (Å²) in [4.78, 5) is 44.7. The van der Waals surface area contributed by atoms with E-state index in [9.17, 15) is 18.8 Å². The van der Waals surface area contributed by atoms with Crippen molar-refractivity contribution in [3.05, 3.63) is 76.1 Å². The lowest BCUT2D eigenvalue weighted by Gasteiger charge is -2.19. The molecule has 1 atom stereocenters. The van der Waals surface area contributed by atoms with Gasteiger partial charge in [0.2, 0.25) is 0 Å². The molecule has 1 aliphatic rings. The minimum absolute atomic E-state index is 0.111. The van der Waals surface area contributed by atoms with Gasteiger partial charge in [-0.3, -0.25) is 23.8 Å². The van der Waals surface area contributed by atoms with Crippen molar-refractivity contribution in [3.63, 3.8) is 0 Å². The molecule has 4 rings (SSSR count). The van der Waals surface area contributed by atoms with E-state index in [2.05, 4.69) is 4.98 Å². The molecule has 1 saturated heterocycles. The number of urea groups is 1. The standard InChI is InChI=1S/C20H17FN4O3/c1-12-4-3-9-23-17(26)10-15(22-18(12)23)11-24-19(27)13(2)25(20(24)28)16-7-5-14(21)6-8-16/h3-10,13H,11H2,1-2H3/t13-/m0/s1. The normalized spacial score (nSPS) is 17.0. The number of hydrogen-bond donors (Lipinski definition) is 0. The van der Waals surface area contributed by atoms with Gasteiger partial charge in [-0.1, -0.05) is 6.07 Å². The molecule has 28 heavy (non-hydrogen) atoms. The molecule has 0 aliphatic carbocycles. The average molecular weight is 380 g/mol.